The fourth-order valence-electron chi connectivity index (χ4n) is 1.92. The third-order valence-corrected chi connectivity index (χ3v) is 4.74. The first-order valence-electron chi connectivity index (χ1n) is 6.14. The predicted molar refractivity (Wildman–Crippen MR) is 71.3 cm³/mol. The van der Waals surface area contributed by atoms with Gasteiger partial charge in [0.1, 0.15) is 0 Å². The first-order valence-corrected chi connectivity index (χ1v) is 7.96. The molecule has 0 aliphatic carbocycles. The number of hydrogen-bond acceptors (Lipinski definition) is 5. The molecule has 0 radical (unpaired) electrons. The van der Waals surface area contributed by atoms with Gasteiger partial charge in [-0.25, -0.2) is 8.42 Å². The molecule has 2 amide bonds. The molecular formula is C12H15N3O4S. The summed E-state index contributed by atoms with van der Waals surface area (Å²) in [5.74, 6) is -1.63. The van der Waals surface area contributed by atoms with Crippen LogP contribution in [0.1, 0.15) is 12.0 Å². The number of hydrogen-bond donors (Lipinski definition) is 2. The summed E-state index contributed by atoms with van der Waals surface area (Å²) >= 11 is 0. The van der Waals surface area contributed by atoms with Gasteiger partial charge in [-0.15, -0.1) is 0 Å². The van der Waals surface area contributed by atoms with Crippen molar-refractivity contribution < 1.29 is 18.0 Å². The third kappa shape index (κ3) is 4.02. The number of aromatic nitrogens is 1. The number of pyridine rings is 1. The van der Waals surface area contributed by atoms with E-state index < -0.39 is 27.7 Å². The van der Waals surface area contributed by atoms with Crippen molar-refractivity contribution >= 4 is 21.7 Å². The molecule has 0 bridgehead atoms. The number of rotatable bonds is 3. The quantitative estimate of drug-likeness (QED) is 0.696. The molecule has 2 N–H and O–H groups in total. The Bertz CT molecular complexity index is 600. The number of carbonyl (C=O) groups is 2. The highest BCUT2D eigenvalue weighted by atomic mass is 32.2. The molecule has 0 spiro atoms. The lowest BCUT2D eigenvalue weighted by atomic mass is 10.2. The second-order valence-electron chi connectivity index (χ2n) is 4.61. The molecule has 0 saturated carbocycles. The normalized spacial score (nSPS) is 20.3. The zero-order valence-electron chi connectivity index (χ0n) is 10.7. The van der Waals surface area contributed by atoms with Crippen LogP contribution in [-0.4, -0.2) is 42.8 Å². The molecule has 7 nitrogen and oxygen atoms in total. The summed E-state index contributed by atoms with van der Waals surface area (Å²) < 4.78 is 22.5. The predicted octanol–water partition coefficient (Wildman–Crippen LogP) is -0.999. The number of nitrogens with zero attached hydrogens (tertiary/aromatic N) is 1. The van der Waals surface area contributed by atoms with Gasteiger partial charge in [0.2, 0.25) is 0 Å². The largest absolute Gasteiger partial charge is 0.344 e. The zero-order valence-corrected chi connectivity index (χ0v) is 11.5. The molecule has 8 heteroatoms. The van der Waals surface area contributed by atoms with E-state index in [1.807, 2.05) is 0 Å². The van der Waals surface area contributed by atoms with Gasteiger partial charge in [0, 0.05) is 25.0 Å². The van der Waals surface area contributed by atoms with Crippen molar-refractivity contribution in [3.8, 4) is 0 Å². The van der Waals surface area contributed by atoms with E-state index in [1.165, 1.54) is 0 Å². The van der Waals surface area contributed by atoms with E-state index in [2.05, 4.69) is 15.6 Å². The fraction of sp³-hybridized carbons (Fsp3) is 0.417. The summed E-state index contributed by atoms with van der Waals surface area (Å²) in [6.45, 7) is 0.220. The Morgan fingerprint density at radius 1 is 1.25 bits per heavy atom. The van der Waals surface area contributed by atoms with Gasteiger partial charge in [0.25, 0.3) is 0 Å². The molecule has 1 unspecified atom stereocenters. The smallest absolute Gasteiger partial charge is 0.309 e. The van der Waals surface area contributed by atoms with Crippen LogP contribution in [0.4, 0.5) is 0 Å². The van der Waals surface area contributed by atoms with E-state index in [-0.39, 0.29) is 18.1 Å². The van der Waals surface area contributed by atoms with E-state index >= 15 is 0 Å². The van der Waals surface area contributed by atoms with Gasteiger partial charge >= 0.3 is 11.8 Å². The summed E-state index contributed by atoms with van der Waals surface area (Å²) in [6.07, 6.45) is 3.53. The maximum absolute atomic E-state index is 11.6. The Kier molecular flexibility index (Phi) is 4.33. The summed E-state index contributed by atoms with van der Waals surface area (Å²) in [4.78, 5) is 27.0. The Labute approximate surface area is 116 Å². The second kappa shape index (κ2) is 6.00. The summed E-state index contributed by atoms with van der Waals surface area (Å²) in [5.41, 5.74) is 0.824. The zero-order chi connectivity index (χ0) is 14.6. The monoisotopic (exact) mass is 297 g/mol. The maximum atomic E-state index is 11.6. The molecule has 1 aliphatic rings. The highest BCUT2D eigenvalue weighted by molar-refractivity contribution is 7.91. The van der Waals surface area contributed by atoms with Crippen LogP contribution in [0.5, 0.6) is 0 Å². The Morgan fingerprint density at radius 3 is 2.55 bits per heavy atom. The van der Waals surface area contributed by atoms with Gasteiger partial charge < -0.3 is 10.6 Å². The van der Waals surface area contributed by atoms with Crippen molar-refractivity contribution in [3.63, 3.8) is 0 Å². The second-order valence-corrected chi connectivity index (χ2v) is 6.84. The Hall–Kier alpha value is -1.96. The van der Waals surface area contributed by atoms with Crippen LogP contribution in [0.15, 0.2) is 24.5 Å². The average Bonchev–Trinajstić information content (AvgIpc) is 2.76. The Balaban J connectivity index is 1.79. The van der Waals surface area contributed by atoms with Crippen molar-refractivity contribution in [1.29, 1.82) is 0 Å². The minimum atomic E-state index is -3.08. The first kappa shape index (κ1) is 14.4. The van der Waals surface area contributed by atoms with Gasteiger partial charge in [-0.2, -0.15) is 0 Å². The van der Waals surface area contributed by atoms with Crippen molar-refractivity contribution in [2.45, 2.75) is 19.0 Å². The van der Waals surface area contributed by atoms with Gasteiger partial charge in [-0.3, -0.25) is 14.6 Å². The van der Waals surface area contributed by atoms with Gasteiger partial charge in [0.15, 0.2) is 9.84 Å². The van der Waals surface area contributed by atoms with Crippen LogP contribution in [-0.2, 0) is 26.0 Å². The lowest BCUT2D eigenvalue weighted by Gasteiger charge is -2.10. The van der Waals surface area contributed by atoms with Gasteiger partial charge in [-0.05, 0) is 24.1 Å². The summed E-state index contributed by atoms with van der Waals surface area (Å²) in [6, 6.07) is 2.97. The molecule has 1 aliphatic heterocycles. The van der Waals surface area contributed by atoms with Crippen molar-refractivity contribution in [1.82, 2.24) is 15.6 Å². The topological polar surface area (TPSA) is 105 Å². The molecule has 1 fully saturated rings. The summed E-state index contributed by atoms with van der Waals surface area (Å²) in [7, 11) is -3.08. The molecule has 0 aromatic carbocycles. The Morgan fingerprint density at radius 2 is 1.95 bits per heavy atom. The molecule has 1 aromatic rings. The molecule has 1 saturated heterocycles. The molecule has 2 heterocycles. The number of amides is 2. The van der Waals surface area contributed by atoms with E-state index in [9.17, 15) is 18.0 Å². The molecule has 108 valence electrons. The highest BCUT2D eigenvalue weighted by Crippen LogP contribution is 2.10. The lowest BCUT2D eigenvalue weighted by molar-refractivity contribution is -0.139. The van der Waals surface area contributed by atoms with Gasteiger partial charge in [0.05, 0.1) is 11.5 Å². The van der Waals surface area contributed by atoms with Crippen molar-refractivity contribution in [3.05, 3.63) is 30.1 Å². The van der Waals surface area contributed by atoms with E-state index in [0.29, 0.717) is 6.42 Å². The lowest BCUT2D eigenvalue weighted by Crippen LogP contribution is -2.44. The van der Waals surface area contributed by atoms with Crippen molar-refractivity contribution in [2.75, 3.05) is 11.5 Å². The van der Waals surface area contributed by atoms with Gasteiger partial charge in [-0.1, -0.05) is 0 Å². The van der Waals surface area contributed by atoms with E-state index in [0.717, 1.165) is 5.56 Å². The molecule has 1 aromatic heterocycles. The number of carbonyl (C=O) groups excluding carboxylic acids is 2. The van der Waals surface area contributed by atoms with E-state index in [1.54, 1.807) is 24.5 Å². The van der Waals surface area contributed by atoms with Crippen LogP contribution in [0, 0.1) is 0 Å². The van der Waals surface area contributed by atoms with E-state index in [4.69, 9.17) is 0 Å². The standard InChI is InChI=1S/C12H15N3O4S/c16-11(14-7-9-1-4-13-5-2-9)12(17)15-10-3-6-20(18,19)8-10/h1-2,4-5,10H,3,6-8H2,(H,14,16)(H,15,17). The maximum Gasteiger partial charge on any atom is 0.309 e. The van der Waals surface area contributed by atoms with Crippen LogP contribution >= 0.6 is 0 Å². The van der Waals surface area contributed by atoms with Crippen LogP contribution in [0.25, 0.3) is 0 Å². The average molecular weight is 297 g/mol. The SMILES string of the molecule is O=C(NCc1ccncc1)C(=O)NC1CCS(=O)(=O)C1. The minimum Gasteiger partial charge on any atom is -0.344 e. The van der Waals surface area contributed by atoms with Crippen LogP contribution < -0.4 is 10.6 Å². The van der Waals surface area contributed by atoms with Crippen LogP contribution in [0.2, 0.25) is 0 Å². The third-order valence-electron chi connectivity index (χ3n) is 2.98. The first-order chi connectivity index (χ1) is 9.46. The minimum absolute atomic E-state index is 0.0522. The number of sulfone groups is 1. The molecule has 20 heavy (non-hydrogen) atoms. The highest BCUT2D eigenvalue weighted by Gasteiger charge is 2.30. The molecule has 1 atom stereocenters. The van der Waals surface area contributed by atoms with Crippen LogP contribution in [0.3, 0.4) is 0 Å². The van der Waals surface area contributed by atoms with Crippen molar-refractivity contribution in [2.24, 2.45) is 0 Å². The molecule has 2 rings (SSSR count). The molecular weight excluding hydrogens is 282 g/mol. The fourth-order valence-corrected chi connectivity index (χ4v) is 3.60. The number of nitrogens with one attached hydrogen (secondary N) is 2. The summed E-state index contributed by atoms with van der Waals surface area (Å²) in [5, 5.41) is 4.89.